The Kier molecular flexibility index (Phi) is 4.33. The Morgan fingerprint density at radius 1 is 1.22 bits per heavy atom. The lowest BCUT2D eigenvalue weighted by molar-refractivity contribution is -0.385. The van der Waals surface area contributed by atoms with E-state index in [0.717, 1.165) is 15.3 Å². The van der Waals surface area contributed by atoms with Crippen molar-refractivity contribution < 1.29 is 4.92 Å². The van der Waals surface area contributed by atoms with Gasteiger partial charge in [-0.15, -0.1) is 11.8 Å². The number of thioether (sulfide) groups is 1. The third kappa shape index (κ3) is 3.54. The van der Waals surface area contributed by atoms with Gasteiger partial charge in [0.15, 0.2) is 0 Å². The molecule has 0 saturated carbocycles. The maximum absolute atomic E-state index is 10.5. The van der Waals surface area contributed by atoms with Gasteiger partial charge in [0.1, 0.15) is 6.20 Å². The molecule has 0 radical (unpaired) electrons. The SMILES string of the molecule is O=[N+]([O-])c1ccc(SCc2ccc(Br)cc2)nc1. The van der Waals surface area contributed by atoms with Crippen LogP contribution in [-0.4, -0.2) is 9.91 Å². The topological polar surface area (TPSA) is 56.0 Å². The molecule has 0 aliphatic rings. The molecule has 0 spiro atoms. The summed E-state index contributed by atoms with van der Waals surface area (Å²) in [6.07, 6.45) is 1.28. The van der Waals surface area contributed by atoms with Gasteiger partial charge < -0.3 is 0 Å². The summed E-state index contributed by atoms with van der Waals surface area (Å²) in [5.41, 5.74) is 1.20. The van der Waals surface area contributed by atoms with Crippen LogP contribution in [0.1, 0.15) is 5.56 Å². The molecule has 2 rings (SSSR count). The molecule has 0 N–H and O–H groups in total. The van der Waals surface area contributed by atoms with Gasteiger partial charge in [-0.2, -0.15) is 0 Å². The first-order valence-electron chi connectivity index (χ1n) is 5.13. The molecule has 0 amide bonds. The van der Waals surface area contributed by atoms with Crippen LogP contribution in [0, 0.1) is 10.1 Å². The van der Waals surface area contributed by atoms with Crippen LogP contribution >= 0.6 is 27.7 Å². The summed E-state index contributed by atoms with van der Waals surface area (Å²) < 4.78 is 1.05. The summed E-state index contributed by atoms with van der Waals surface area (Å²) in [5, 5.41) is 11.3. The van der Waals surface area contributed by atoms with Crippen LogP contribution in [0.25, 0.3) is 0 Å². The molecule has 0 aliphatic carbocycles. The molecule has 0 atom stereocenters. The van der Waals surface area contributed by atoms with Crippen LogP contribution in [0.2, 0.25) is 0 Å². The van der Waals surface area contributed by atoms with E-state index >= 15 is 0 Å². The number of benzene rings is 1. The van der Waals surface area contributed by atoms with Crippen LogP contribution < -0.4 is 0 Å². The number of hydrogen-bond acceptors (Lipinski definition) is 4. The highest BCUT2D eigenvalue weighted by atomic mass is 79.9. The van der Waals surface area contributed by atoms with E-state index in [4.69, 9.17) is 0 Å². The van der Waals surface area contributed by atoms with Gasteiger partial charge in [-0.1, -0.05) is 28.1 Å². The third-order valence-electron chi connectivity index (χ3n) is 2.23. The lowest BCUT2D eigenvalue weighted by Crippen LogP contribution is -1.89. The number of nitro groups is 1. The van der Waals surface area contributed by atoms with Crippen molar-refractivity contribution in [3.63, 3.8) is 0 Å². The Labute approximate surface area is 117 Å². The first kappa shape index (κ1) is 13.0. The Morgan fingerprint density at radius 3 is 2.50 bits per heavy atom. The van der Waals surface area contributed by atoms with Gasteiger partial charge in [0, 0.05) is 16.3 Å². The zero-order chi connectivity index (χ0) is 13.0. The normalized spacial score (nSPS) is 10.3. The highest BCUT2D eigenvalue weighted by Gasteiger charge is 2.05. The van der Waals surface area contributed by atoms with E-state index in [1.807, 2.05) is 24.3 Å². The Morgan fingerprint density at radius 2 is 1.94 bits per heavy atom. The average molecular weight is 325 g/mol. The quantitative estimate of drug-likeness (QED) is 0.483. The maximum atomic E-state index is 10.5. The second kappa shape index (κ2) is 5.97. The summed E-state index contributed by atoms with van der Waals surface area (Å²) in [7, 11) is 0. The zero-order valence-electron chi connectivity index (χ0n) is 9.25. The van der Waals surface area contributed by atoms with Crippen molar-refractivity contribution in [1.82, 2.24) is 4.98 Å². The first-order valence-corrected chi connectivity index (χ1v) is 6.91. The minimum atomic E-state index is -0.448. The number of halogens is 1. The van der Waals surface area contributed by atoms with Crippen LogP contribution in [0.15, 0.2) is 52.1 Å². The predicted octanol–water partition coefficient (Wildman–Crippen LogP) is 4.04. The number of rotatable bonds is 4. The van der Waals surface area contributed by atoms with Gasteiger partial charge >= 0.3 is 0 Å². The average Bonchev–Trinajstić information content (AvgIpc) is 2.38. The fraction of sp³-hybridized carbons (Fsp3) is 0.0833. The molecule has 0 bridgehead atoms. The van der Waals surface area contributed by atoms with Crippen molar-refractivity contribution in [2.45, 2.75) is 10.8 Å². The molecule has 0 fully saturated rings. The fourth-order valence-corrected chi connectivity index (χ4v) is 2.37. The molecule has 0 aliphatic heterocycles. The summed E-state index contributed by atoms with van der Waals surface area (Å²) >= 11 is 4.93. The summed E-state index contributed by atoms with van der Waals surface area (Å²) in [6, 6.07) is 11.2. The minimum Gasteiger partial charge on any atom is -0.258 e. The molecule has 1 aromatic carbocycles. The van der Waals surface area contributed by atoms with Crippen molar-refractivity contribution >= 4 is 33.4 Å². The van der Waals surface area contributed by atoms with E-state index in [0.29, 0.717) is 0 Å². The number of nitrogens with zero attached hydrogens (tertiary/aromatic N) is 2. The largest absolute Gasteiger partial charge is 0.287 e. The molecule has 4 nitrogen and oxygen atoms in total. The summed E-state index contributed by atoms with van der Waals surface area (Å²) in [5.74, 6) is 0.790. The van der Waals surface area contributed by atoms with E-state index in [9.17, 15) is 10.1 Å². The highest BCUT2D eigenvalue weighted by molar-refractivity contribution is 9.10. The van der Waals surface area contributed by atoms with E-state index in [1.165, 1.54) is 17.8 Å². The standard InChI is InChI=1S/C12H9BrN2O2S/c13-10-3-1-9(2-4-10)8-18-12-6-5-11(7-14-12)15(16)17/h1-7H,8H2. The minimum absolute atomic E-state index is 0.0167. The van der Waals surface area contributed by atoms with Crippen LogP contribution in [0.5, 0.6) is 0 Å². The Hall–Kier alpha value is -1.40. The maximum Gasteiger partial charge on any atom is 0.287 e. The molecule has 92 valence electrons. The molecule has 2 aromatic rings. The van der Waals surface area contributed by atoms with Gasteiger partial charge in [-0.3, -0.25) is 10.1 Å². The van der Waals surface area contributed by atoms with E-state index in [2.05, 4.69) is 20.9 Å². The van der Waals surface area contributed by atoms with E-state index in [1.54, 1.807) is 17.8 Å². The van der Waals surface area contributed by atoms with E-state index < -0.39 is 4.92 Å². The third-order valence-corrected chi connectivity index (χ3v) is 3.78. The molecule has 0 saturated heterocycles. The van der Waals surface area contributed by atoms with Gasteiger partial charge in [0.05, 0.1) is 9.95 Å². The number of aromatic nitrogens is 1. The Bertz CT molecular complexity index is 543. The van der Waals surface area contributed by atoms with Crippen molar-refractivity contribution in [3.05, 3.63) is 62.7 Å². The lowest BCUT2D eigenvalue weighted by atomic mass is 10.2. The molecule has 1 aromatic heterocycles. The summed E-state index contributed by atoms with van der Waals surface area (Å²) in [6.45, 7) is 0. The van der Waals surface area contributed by atoms with Crippen LogP contribution in [0.4, 0.5) is 5.69 Å². The Balaban J connectivity index is 1.97. The van der Waals surface area contributed by atoms with E-state index in [-0.39, 0.29) is 5.69 Å². The molecular weight excluding hydrogens is 316 g/mol. The zero-order valence-corrected chi connectivity index (χ0v) is 11.6. The fourth-order valence-electron chi connectivity index (χ4n) is 1.30. The van der Waals surface area contributed by atoms with Crippen molar-refractivity contribution in [2.75, 3.05) is 0 Å². The first-order chi connectivity index (χ1) is 8.65. The molecule has 6 heteroatoms. The van der Waals surface area contributed by atoms with Crippen molar-refractivity contribution in [3.8, 4) is 0 Å². The highest BCUT2D eigenvalue weighted by Crippen LogP contribution is 2.23. The second-order valence-corrected chi connectivity index (χ2v) is 5.44. The smallest absolute Gasteiger partial charge is 0.258 e. The van der Waals surface area contributed by atoms with Crippen molar-refractivity contribution in [2.24, 2.45) is 0 Å². The number of hydrogen-bond donors (Lipinski definition) is 0. The predicted molar refractivity (Wildman–Crippen MR) is 74.6 cm³/mol. The second-order valence-electron chi connectivity index (χ2n) is 3.53. The van der Waals surface area contributed by atoms with Gasteiger partial charge in [-0.05, 0) is 23.8 Å². The van der Waals surface area contributed by atoms with Gasteiger partial charge in [-0.25, -0.2) is 4.98 Å². The number of pyridine rings is 1. The molecule has 18 heavy (non-hydrogen) atoms. The van der Waals surface area contributed by atoms with Crippen LogP contribution in [0.3, 0.4) is 0 Å². The lowest BCUT2D eigenvalue weighted by Gasteiger charge is -2.01. The van der Waals surface area contributed by atoms with Gasteiger partial charge in [0.2, 0.25) is 0 Å². The van der Waals surface area contributed by atoms with Gasteiger partial charge in [0.25, 0.3) is 5.69 Å². The molecular formula is C12H9BrN2O2S. The summed E-state index contributed by atoms with van der Waals surface area (Å²) in [4.78, 5) is 14.1. The van der Waals surface area contributed by atoms with Crippen molar-refractivity contribution in [1.29, 1.82) is 0 Å². The molecule has 1 heterocycles. The monoisotopic (exact) mass is 324 g/mol. The molecule has 0 unspecified atom stereocenters. The van der Waals surface area contributed by atoms with Crippen LogP contribution in [-0.2, 0) is 5.75 Å².